The fraction of sp³-hybridized carbons (Fsp3) is 0.385. The van der Waals surface area contributed by atoms with Gasteiger partial charge in [0, 0.05) is 6.54 Å². The normalized spacial score (nSPS) is 20.0. The Kier molecular flexibility index (Phi) is 3.69. The maximum Gasteiger partial charge on any atom is 0.416 e. The summed E-state index contributed by atoms with van der Waals surface area (Å²) in [6.07, 6.45) is -4.43. The second-order valence-corrected chi connectivity index (χ2v) is 4.61. The maximum absolute atomic E-state index is 12.6. The lowest BCUT2D eigenvalue weighted by atomic mass is 10.1. The lowest BCUT2D eigenvalue weighted by Crippen LogP contribution is -2.56. The molecule has 1 atom stereocenters. The fourth-order valence-corrected chi connectivity index (χ4v) is 2.04. The van der Waals surface area contributed by atoms with E-state index in [1.54, 1.807) is 6.92 Å². The molecule has 4 nitrogen and oxygen atoms in total. The molecule has 20 heavy (non-hydrogen) atoms. The molecule has 0 saturated carbocycles. The average molecular weight is 286 g/mol. The summed E-state index contributed by atoms with van der Waals surface area (Å²) in [6, 6.07) is 4.06. The van der Waals surface area contributed by atoms with Crippen LogP contribution in [0.25, 0.3) is 0 Å². The van der Waals surface area contributed by atoms with Crippen LogP contribution in [0.3, 0.4) is 0 Å². The first-order valence-electron chi connectivity index (χ1n) is 6.02. The number of amides is 2. The highest BCUT2D eigenvalue weighted by Crippen LogP contribution is 2.29. The lowest BCUT2D eigenvalue weighted by molar-refractivity contribution is -0.145. The van der Waals surface area contributed by atoms with Crippen molar-refractivity contribution in [2.45, 2.75) is 25.7 Å². The van der Waals surface area contributed by atoms with E-state index in [0.717, 1.165) is 12.1 Å². The van der Waals surface area contributed by atoms with Gasteiger partial charge >= 0.3 is 6.18 Å². The van der Waals surface area contributed by atoms with Gasteiger partial charge in [0.25, 0.3) is 0 Å². The minimum Gasteiger partial charge on any atom is -0.345 e. The zero-order valence-electron chi connectivity index (χ0n) is 10.7. The van der Waals surface area contributed by atoms with Crippen molar-refractivity contribution in [3.8, 4) is 0 Å². The van der Waals surface area contributed by atoms with Gasteiger partial charge in [0.1, 0.15) is 6.04 Å². The topological polar surface area (TPSA) is 49.4 Å². The predicted molar refractivity (Wildman–Crippen MR) is 64.5 cm³/mol. The van der Waals surface area contributed by atoms with Crippen LogP contribution in [-0.2, 0) is 22.3 Å². The summed E-state index contributed by atoms with van der Waals surface area (Å²) >= 11 is 0. The maximum atomic E-state index is 12.6. The van der Waals surface area contributed by atoms with Gasteiger partial charge in [0.15, 0.2) is 0 Å². The number of carbonyl (C=O) groups excluding carboxylic acids is 2. The Bertz CT molecular complexity index is 543. The zero-order valence-corrected chi connectivity index (χ0v) is 10.7. The highest BCUT2D eigenvalue weighted by molar-refractivity contribution is 5.94. The third-order valence-electron chi connectivity index (χ3n) is 3.19. The number of nitrogens with one attached hydrogen (secondary N) is 1. The number of carbonyl (C=O) groups is 2. The van der Waals surface area contributed by atoms with E-state index in [9.17, 15) is 22.8 Å². The number of nitrogens with zero attached hydrogens (tertiary/aromatic N) is 1. The van der Waals surface area contributed by atoms with Crippen LogP contribution in [0.2, 0.25) is 0 Å². The molecule has 0 aliphatic carbocycles. The van der Waals surface area contributed by atoms with Crippen LogP contribution in [0.4, 0.5) is 13.2 Å². The number of rotatable bonds is 2. The number of hydrogen-bond acceptors (Lipinski definition) is 2. The van der Waals surface area contributed by atoms with Crippen molar-refractivity contribution in [1.29, 1.82) is 0 Å². The molecule has 0 radical (unpaired) electrons. The van der Waals surface area contributed by atoms with Gasteiger partial charge in [-0.1, -0.05) is 12.1 Å². The molecule has 1 aliphatic rings. The van der Waals surface area contributed by atoms with E-state index in [4.69, 9.17) is 0 Å². The van der Waals surface area contributed by atoms with Crippen molar-refractivity contribution in [3.63, 3.8) is 0 Å². The molecule has 1 heterocycles. The highest BCUT2D eigenvalue weighted by atomic mass is 19.4. The van der Waals surface area contributed by atoms with E-state index in [-0.39, 0.29) is 24.9 Å². The first kappa shape index (κ1) is 14.4. The second-order valence-electron chi connectivity index (χ2n) is 4.61. The van der Waals surface area contributed by atoms with Crippen molar-refractivity contribution in [2.75, 3.05) is 6.54 Å². The molecule has 1 aromatic rings. The molecule has 1 aliphatic heterocycles. The van der Waals surface area contributed by atoms with Crippen molar-refractivity contribution in [1.82, 2.24) is 10.2 Å². The van der Waals surface area contributed by atoms with E-state index in [1.807, 2.05) is 0 Å². The second kappa shape index (κ2) is 5.15. The number of hydrogen-bond donors (Lipinski definition) is 1. The molecular weight excluding hydrogens is 273 g/mol. The molecule has 0 aromatic heterocycles. The molecule has 1 saturated heterocycles. The van der Waals surface area contributed by atoms with Crippen LogP contribution in [0, 0.1) is 0 Å². The summed E-state index contributed by atoms with van der Waals surface area (Å²) in [7, 11) is 0. The predicted octanol–water partition coefficient (Wildman–Crippen LogP) is 1.55. The van der Waals surface area contributed by atoms with E-state index in [0.29, 0.717) is 5.56 Å². The number of piperazine rings is 1. The van der Waals surface area contributed by atoms with Crippen LogP contribution >= 0.6 is 0 Å². The van der Waals surface area contributed by atoms with Crippen LogP contribution in [0.15, 0.2) is 24.3 Å². The van der Waals surface area contributed by atoms with Gasteiger partial charge in [0.05, 0.1) is 12.1 Å². The van der Waals surface area contributed by atoms with Gasteiger partial charge in [-0.15, -0.1) is 0 Å². The molecule has 1 unspecified atom stereocenters. The first-order chi connectivity index (χ1) is 9.29. The largest absolute Gasteiger partial charge is 0.416 e. The fourth-order valence-electron chi connectivity index (χ4n) is 2.04. The van der Waals surface area contributed by atoms with Gasteiger partial charge in [-0.2, -0.15) is 13.2 Å². The Labute approximate surface area is 113 Å². The Hall–Kier alpha value is -2.05. The molecule has 1 aromatic carbocycles. The van der Waals surface area contributed by atoms with Crippen LogP contribution in [0.5, 0.6) is 0 Å². The number of benzene rings is 1. The molecule has 1 fully saturated rings. The molecule has 7 heteroatoms. The van der Waals surface area contributed by atoms with Crippen molar-refractivity contribution >= 4 is 11.8 Å². The summed E-state index contributed by atoms with van der Waals surface area (Å²) in [5.41, 5.74) is -0.425. The monoisotopic (exact) mass is 286 g/mol. The minimum atomic E-state index is -4.43. The molecular formula is C13H13F3N2O2. The van der Waals surface area contributed by atoms with Crippen LogP contribution in [0.1, 0.15) is 18.1 Å². The summed E-state index contributed by atoms with van der Waals surface area (Å²) in [5.74, 6) is -0.619. The van der Waals surface area contributed by atoms with Crippen LogP contribution in [-0.4, -0.2) is 29.3 Å². The molecule has 2 amide bonds. The SMILES string of the molecule is CC1C(=O)NCC(=O)N1Cc1cccc(C(F)(F)F)c1. The molecule has 108 valence electrons. The number of alkyl halides is 3. The zero-order chi connectivity index (χ0) is 14.9. The van der Waals surface area contributed by atoms with E-state index in [1.165, 1.54) is 17.0 Å². The quantitative estimate of drug-likeness (QED) is 0.897. The first-order valence-corrected chi connectivity index (χ1v) is 6.02. The standard InChI is InChI=1S/C13H13F3N2O2/c1-8-12(20)17-6-11(19)18(8)7-9-3-2-4-10(5-9)13(14,15)16/h2-5,8H,6-7H2,1H3,(H,17,20). The highest BCUT2D eigenvalue weighted by Gasteiger charge is 2.33. The van der Waals surface area contributed by atoms with Gasteiger partial charge in [-0.05, 0) is 24.6 Å². The Morgan fingerprint density at radius 1 is 1.35 bits per heavy atom. The Balaban J connectivity index is 2.21. The Morgan fingerprint density at radius 2 is 2.05 bits per heavy atom. The third kappa shape index (κ3) is 2.92. The lowest BCUT2D eigenvalue weighted by Gasteiger charge is -2.32. The summed E-state index contributed by atoms with van der Waals surface area (Å²) in [4.78, 5) is 24.5. The smallest absolute Gasteiger partial charge is 0.345 e. The molecule has 0 bridgehead atoms. The van der Waals surface area contributed by atoms with Gasteiger partial charge in [-0.25, -0.2) is 0 Å². The van der Waals surface area contributed by atoms with Gasteiger partial charge < -0.3 is 10.2 Å². The third-order valence-corrected chi connectivity index (χ3v) is 3.19. The van der Waals surface area contributed by atoms with E-state index in [2.05, 4.69) is 5.32 Å². The van der Waals surface area contributed by atoms with Crippen molar-refractivity contribution in [3.05, 3.63) is 35.4 Å². The minimum absolute atomic E-state index is 0.0165. The van der Waals surface area contributed by atoms with Crippen LogP contribution < -0.4 is 5.32 Å². The molecule has 1 N–H and O–H groups in total. The summed E-state index contributed by atoms with van der Waals surface area (Å²) in [5, 5.41) is 2.42. The van der Waals surface area contributed by atoms with Crippen molar-refractivity contribution < 1.29 is 22.8 Å². The van der Waals surface area contributed by atoms with Crippen molar-refractivity contribution in [2.24, 2.45) is 0 Å². The summed E-state index contributed by atoms with van der Waals surface area (Å²) in [6.45, 7) is 1.40. The van der Waals surface area contributed by atoms with Gasteiger partial charge in [-0.3, -0.25) is 9.59 Å². The molecule has 2 rings (SSSR count). The average Bonchev–Trinajstić information content (AvgIpc) is 2.39. The van der Waals surface area contributed by atoms with E-state index < -0.39 is 17.8 Å². The Morgan fingerprint density at radius 3 is 2.70 bits per heavy atom. The van der Waals surface area contributed by atoms with E-state index >= 15 is 0 Å². The van der Waals surface area contributed by atoms with Gasteiger partial charge in [0.2, 0.25) is 11.8 Å². The molecule has 0 spiro atoms. The number of halogens is 3. The summed E-state index contributed by atoms with van der Waals surface area (Å²) < 4.78 is 37.9.